The van der Waals surface area contributed by atoms with Crippen molar-refractivity contribution in [2.45, 2.75) is 24.9 Å². The van der Waals surface area contributed by atoms with Gasteiger partial charge in [0, 0.05) is 38.6 Å². The first kappa shape index (κ1) is 23.5. The number of aliphatic hydroxyl groups excluding tert-OH is 1. The standard InChI is InChI=1S/C29H36N2O2/c32-27(24-33-28-15-8-3-9-16-28)23-31-21-19-30(20-22-31)18-10-17-29(25-11-4-1-5-12-25)26-13-6-2-7-14-26/h1-9,11-16,27,29,32H,10,17-24H2. The summed E-state index contributed by atoms with van der Waals surface area (Å²) in [5.41, 5.74) is 2.81. The molecule has 3 aromatic carbocycles. The van der Waals surface area contributed by atoms with Gasteiger partial charge >= 0.3 is 0 Å². The van der Waals surface area contributed by atoms with Gasteiger partial charge in [0.1, 0.15) is 18.5 Å². The van der Waals surface area contributed by atoms with Crippen LogP contribution in [0.1, 0.15) is 29.9 Å². The maximum absolute atomic E-state index is 10.4. The zero-order chi connectivity index (χ0) is 22.7. The Kier molecular flexibility index (Phi) is 8.93. The van der Waals surface area contributed by atoms with Crippen molar-refractivity contribution in [2.24, 2.45) is 0 Å². The van der Waals surface area contributed by atoms with Crippen LogP contribution >= 0.6 is 0 Å². The molecule has 1 atom stereocenters. The summed E-state index contributed by atoms with van der Waals surface area (Å²) in [5, 5.41) is 10.4. The first-order chi connectivity index (χ1) is 16.3. The van der Waals surface area contributed by atoms with E-state index in [4.69, 9.17) is 4.74 Å². The normalized spacial score (nSPS) is 16.1. The van der Waals surface area contributed by atoms with E-state index in [1.807, 2.05) is 30.3 Å². The minimum atomic E-state index is -0.464. The Morgan fingerprint density at radius 1 is 0.697 bits per heavy atom. The van der Waals surface area contributed by atoms with Gasteiger partial charge < -0.3 is 14.7 Å². The van der Waals surface area contributed by atoms with E-state index >= 15 is 0 Å². The molecule has 1 aliphatic heterocycles. The molecule has 1 saturated heterocycles. The van der Waals surface area contributed by atoms with Crippen LogP contribution in [0, 0.1) is 0 Å². The molecule has 4 heteroatoms. The Morgan fingerprint density at radius 2 is 1.21 bits per heavy atom. The Labute approximate surface area is 198 Å². The van der Waals surface area contributed by atoms with E-state index in [-0.39, 0.29) is 0 Å². The largest absolute Gasteiger partial charge is 0.491 e. The molecule has 1 fully saturated rings. The van der Waals surface area contributed by atoms with Gasteiger partial charge in [-0.15, -0.1) is 0 Å². The summed E-state index contributed by atoms with van der Waals surface area (Å²) in [5.74, 6) is 1.26. The highest BCUT2D eigenvalue weighted by Crippen LogP contribution is 2.29. The smallest absolute Gasteiger partial charge is 0.119 e. The monoisotopic (exact) mass is 444 g/mol. The number of β-amino-alcohol motifs (C(OH)–C–C–N with tert-alkyl or cyclic N) is 1. The number of ether oxygens (including phenoxy) is 1. The quantitative estimate of drug-likeness (QED) is 0.467. The maximum Gasteiger partial charge on any atom is 0.119 e. The molecule has 1 heterocycles. The average Bonchev–Trinajstić information content (AvgIpc) is 2.88. The minimum absolute atomic E-state index is 0.338. The molecule has 0 radical (unpaired) electrons. The molecule has 4 rings (SSSR count). The third-order valence-electron chi connectivity index (χ3n) is 6.49. The number of benzene rings is 3. The summed E-state index contributed by atoms with van der Waals surface area (Å²) < 4.78 is 5.69. The van der Waals surface area contributed by atoms with Crippen LogP contribution in [-0.2, 0) is 0 Å². The second kappa shape index (κ2) is 12.5. The molecule has 1 unspecified atom stereocenters. The molecule has 1 aliphatic rings. The van der Waals surface area contributed by atoms with Gasteiger partial charge in [0.25, 0.3) is 0 Å². The van der Waals surface area contributed by atoms with Crippen LogP contribution in [0.15, 0.2) is 91.0 Å². The zero-order valence-electron chi connectivity index (χ0n) is 19.4. The second-order valence-corrected chi connectivity index (χ2v) is 8.94. The Bertz CT molecular complexity index is 873. The molecular formula is C29H36N2O2. The second-order valence-electron chi connectivity index (χ2n) is 8.94. The van der Waals surface area contributed by atoms with Gasteiger partial charge in [-0.2, -0.15) is 0 Å². The molecule has 174 valence electrons. The number of hydrogen-bond acceptors (Lipinski definition) is 4. The van der Waals surface area contributed by atoms with Crippen molar-refractivity contribution in [2.75, 3.05) is 45.9 Å². The number of para-hydroxylation sites is 1. The highest BCUT2D eigenvalue weighted by molar-refractivity contribution is 5.32. The molecule has 0 amide bonds. The first-order valence-electron chi connectivity index (χ1n) is 12.2. The van der Waals surface area contributed by atoms with Crippen molar-refractivity contribution in [1.82, 2.24) is 9.80 Å². The highest BCUT2D eigenvalue weighted by atomic mass is 16.5. The van der Waals surface area contributed by atoms with Crippen LogP contribution in [0.5, 0.6) is 5.75 Å². The molecule has 0 aromatic heterocycles. The van der Waals surface area contributed by atoms with Crippen LogP contribution in [0.3, 0.4) is 0 Å². The van der Waals surface area contributed by atoms with E-state index in [9.17, 15) is 5.11 Å². The molecule has 0 bridgehead atoms. The maximum atomic E-state index is 10.4. The fourth-order valence-electron chi connectivity index (χ4n) is 4.67. The van der Waals surface area contributed by atoms with Crippen molar-refractivity contribution >= 4 is 0 Å². The lowest BCUT2D eigenvalue weighted by Crippen LogP contribution is -2.49. The summed E-state index contributed by atoms with van der Waals surface area (Å²) in [6.07, 6.45) is 1.88. The summed E-state index contributed by atoms with van der Waals surface area (Å²) in [4.78, 5) is 4.92. The van der Waals surface area contributed by atoms with E-state index < -0.39 is 6.10 Å². The summed E-state index contributed by atoms with van der Waals surface area (Å²) >= 11 is 0. The molecule has 0 saturated carbocycles. The van der Waals surface area contributed by atoms with E-state index in [2.05, 4.69) is 70.5 Å². The van der Waals surface area contributed by atoms with Crippen molar-refractivity contribution < 1.29 is 9.84 Å². The van der Waals surface area contributed by atoms with Crippen LogP contribution in [-0.4, -0.2) is 66.9 Å². The lowest BCUT2D eigenvalue weighted by Gasteiger charge is -2.35. The van der Waals surface area contributed by atoms with Crippen LogP contribution in [0.2, 0.25) is 0 Å². The number of aliphatic hydroxyl groups is 1. The Balaban J connectivity index is 1.18. The Morgan fingerprint density at radius 3 is 1.79 bits per heavy atom. The van der Waals surface area contributed by atoms with Crippen molar-refractivity contribution in [3.8, 4) is 5.75 Å². The van der Waals surface area contributed by atoms with Crippen LogP contribution in [0.4, 0.5) is 0 Å². The molecule has 0 spiro atoms. The molecule has 33 heavy (non-hydrogen) atoms. The average molecular weight is 445 g/mol. The summed E-state index contributed by atoms with van der Waals surface area (Å²) in [6, 6.07) is 31.5. The molecule has 4 nitrogen and oxygen atoms in total. The summed E-state index contributed by atoms with van der Waals surface area (Å²) in [7, 11) is 0. The predicted molar refractivity (Wildman–Crippen MR) is 135 cm³/mol. The minimum Gasteiger partial charge on any atom is -0.491 e. The number of nitrogens with zero attached hydrogens (tertiary/aromatic N) is 2. The van der Waals surface area contributed by atoms with Crippen LogP contribution < -0.4 is 4.74 Å². The SMILES string of the molecule is OC(COc1ccccc1)CN1CCN(CCCC(c2ccccc2)c2ccccc2)CC1. The van der Waals surface area contributed by atoms with Gasteiger partial charge in [-0.25, -0.2) is 0 Å². The van der Waals surface area contributed by atoms with Crippen molar-refractivity contribution in [3.63, 3.8) is 0 Å². The predicted octanol–water partition coefficient (Wildman–Crippen LogP) is 4.66. The summed E-state index contributed by atoms with van der Waals surface area (Å²) in [6.45, 7) is 6.27. The van der Waals surface area contributed by atoms with Gasteiger partial charge in [-0.05, 0) is 42.6 Å². The highest BCUT2D eigenvalue weighted by Gasteiger charge is 2.20. The van der Waals surface area contributed by atoms with Gasteiger partial charge in [-0.1, -0.05) is 78.9 Å². The zero-order valence-corrected chi connectivity index (χ0v) is 19.4. The van der Waals surface area contributed by atoms with Gasteiger partial charge in [0.05, 0.1) is 0 Å². The van der Waals surface area contributed by atoms with Gasteiger partial charge in [0.15, 0.2) is 0 Å². The molecule has 0 aliphatic carbocycles. The third kappa shape index (κ3) is 7.43. The lowest BCUT2D eigenvalue weighted by molar-refractivity contribution is 0.0458. The van der Waals surface area contributed by atoms with E-state index in [1.165, 1.54) is 17.5 Å². The number of rotatable bonds is 11. The Hall–Kier alpha value is -2.66. The molecule has 1 N–H and O–H groups in total. The number of hydrogen-bond donors (Lipinski definition) is 1. The van der Waals surface area contributed by atoms with Gasteiger partial charge in [0.2, 0.25) is 0 Å². The van der Waals surface area contributed by atoms with Gasteiger partial charge in [-0.3, -0.25) is 4.90 Å². The van der Waals surface area contributed by atoms with E-state index in [1.54, 1.807) is 0 Å². The van der Waals surface area contributed by atoms with Crippen molar-refractivity contribution in [1.29, 1.82) is 0 Å². The van der Waals surface area contributed by atoms with E-state index in [0.717, 1.165) is 44.9 Å². The van der Waals surface area contributed by atoms with Crippen molar-refractivity contribution in [3.05, 3.63) is 102 Å². The lowest BCUT2D eigenvalue weighted by atomic mass is 9.87. The third-order valence-corrected chi connectivity index (χ3v) is 6.49. The molecule has 3 aromatic rings. The topological polar surface area (TPSA) is 35.9 Å². The number of piperazine rings is 1. The van der Waals surface area contributed by atoms with Crippen LogP contribution in [0.25, 0.3) is 0 Å². The molecular weight excluding hydrogens is 408 g/mol. The fraction of sp³-hybridized carbons (Fsp3) is 0.379. The first-order valence-corrected chi connectivity index (χ1v) is 12.2. The van der Waals surface area contributed by atoms with E-state index in [0.29, 0.717) is 19.1 Å². The fourth-order valence-corrected chi connectivity index (χ4v) is 4.67.